The van der Waals surface area contributed by atoms with Gasteiger partial charge in [0.25, 0.3) is 0 Å². The van der Waals surface area contributed by atoms with Gasteiger partial charge in [0.15, 0.2) is 0 Å². The lowest BCUT2D eigenvalue weighted by molar-refractivity contribution is -0.124. The van der Waals surface area contributed by atoms with Crippen molar-refractivity contribution in [2.24, 2.45) is 0 Å². The SMILES string of the molecule is CCC(CC(=O)NC(CC)(CO)CO)c1cccc(C(C)(C)C)c1O. The van der Waals surface area contributed by atoms with E-state index in [4.69, 9.17) is 0 Å². The van der Waals surface area contributed by atoms with E-state index in [9.17, 15) is 20.1 Å². The van der Waals surface area contributed by atoms with Crippen LogP contribution in [0.1, 0.15) is 70.9 Å². The molecule has 142 valence electrons. The molecular weight excluding hydrogens is 318 g/mol. The highest BCUT2D eigenvalue weighted by Crippen LogP contribution is 2.38. The molecule has 0 aromatic heterocycles. The number of benzene rings is 1. The summed E-state index contributed by atoms with van der Waals surface area (Å²) < 4.78 is 0. The molecule has 0 saturated heterocycles. The number of hydrogen-bond donors (Lipinski definition) is 4. The first-order valence-corrected chi connectivity index (χ1v) is 8.99. The molecule has 4 N–H and O–H groups in total. The molecule has 0 saturated carbocycles. The Bertz CT molecular complexity index is 565. The molecule has 0 heterocycles. The summed E-state index contributed by atoms with van der Waals surface area (Å²) in [6.07, 6.45) is 1.33. The van der Waals surface area contributed by atoms with Crippen molar-refractivity contribution in [3.8, 4) is 5.75 Å². The van der Waals surface area contributed by atoms with E-state index in [0.29, 0.717) is 12.8 Å². The number of aliphatic hydroxyl groups is 2. The maximum absolute atomic E-state index is 12.5. The van der Waals surface area contributed by atoms with Crippen LogP contribution in [0.3, 0.4) is 0 Å². The molecule has 1 aromatic rings. The molecule has 0 spiro atoms. The summed E-state index contributed by atoms with van der Waals surface area (Å²) >= 11 is 0. The van der Waals surface area contributed by atoms with Gasteiger partial charge in [-0.25, -0.2) is 0 Å². The molecule has 0 aliphatic carbocycles. The lowest BCUT2D eigenvalue weighted by Crippen LogP contribution is -2.54. The number of carbonyl (C=O) groups excluding carboxylic acids is 1. The van der Waals surface area contributed by atoms with Gasteiger partial charge in [-0.3, -0.25) is 4.79 Å². The van der Waals surface area contributed by atoms with Gasteiger partial charge in [0.2, 0.25) is 5.91 Å². The number of phenolic OH excluding ortho intramolecular Hbond substituents is 1. The minimum absolute atomic E-state index is 0.130. The molecule has 0 radical (unpaired) electrons. The molecule has 1 atom stereocenters. The van der Waals surface area contributed by atoms with E-state index >= 15 is 0 Å². The first-order chi connectivity index (χ1) is 11.6. The molecule has 5 nitrogen and oxygen atoms in total. The highest BCUT2D eigenvalue weighted by Gasteiger charge is 2.30. The van der Waals surface area contributed by atoms with Crippen LogP contribution < -0.4 is 5.32 Å². The van der Waals surface area contributed by atoms with E-state index in [1.807, 2.05) is 52.8 Å². The van der Waals surface area contributed by atoms with E-state index in [1.165, 1.54) is 0 Å². The van der Waals surface area contributed by atoms with Crippen LogP contribution in [-0.2, 0) is 10.2 Å². The topological polar surface area (TPSA) is 89.8 Å². The average Bonchev–Trinajstić information content (AvgIpc) is 2.57. The van der Waals surface area contributed by atoms with Crippen molar-refractivity contribution in [3.05, 3.63) is 29.3 Å². The van der Waals surface area contributed by atoms with Crippen molar-refractivity contribution in [3.63, 3.8) is 0 Å². The predicted octanol–water partition coefficient (Wildman–Crippen LogP) is 2.82. The lowest BCUT2D eigenvalue weighted by atomic mass is 9.82. The quantitative estimate of drug-likeness (QED) is 0.580. The first kappa shape index (κ1) is 21.5. The van der Waals surface area contributed by atoms with Gasteiger partial charge in [0, 0.05) is 6.42 Å². The lowest BCUT2D eigenvalue weighted by Gasteiger charge is -2.30. The summed E-state index contributed by atoms with van der Waals surface area (Å²) in [5, 5.41) is 32.4. The molecule has 1 aromatic carbocycles. The molecular formula is C20H33NO4. The van der Waals surface area contributed by atoms with Crippen LogP contribution in [-0.4, -0.2) is 40.0 Å². The van der Waals surface area contributed by atoms with E-state index < -0.39 is 5.54 Å². The highest BCUT2D eigenvalue weighted by molar-refractivity contribution is 5.78. The zero-order valence-corrected chi connectivity index (χ0v) is 16.1. The third kappa shape index (κ3) is 5.19. The molecule has 1 amide bonds. The summed E-state index contributed by atoms with van der Waals surface area (Å²) in [4.78, 5) is 12.5. The zero-order valence-electron chi connectivity index (χ0n) is 16.1. The van der Waals surface area contributed by atoms with Crippen LogP contribution in [0.25, 0.3) is 0 Å². The van der Waals surface area contributed by atoms with Crippen LogP contribution in [0, 0.1) is 0 Å². The molecule has 0 fully saturated rings. The average molecular weight is 351 g/mol. The third-order valence-corrected chi connectivity index (χ3v) is 4.93. The number of aliphatic hydroxyl groups excluding tert-OH is 2. The fourth-order valence-electron chi connectivity index (χ4n) is 2.98. The number of amides is 1. The minimum atomic E-state index is -0.995. The number of rotatable bonds is 8. The largest absolute Gasteiger partial charge is 0.507 e. The van der Waals surface area contributed by atoms with Crippen LogP contribution in [0.15, 0.2) is 18.2 Å². The van der Waals surface area contributed by atoms with E-state index in [1.54, 1.807) is 0 Å². The number of carbonyl (C=O) groups is 1. The van der Waals surface area contributed by atoms with E-state index in [-0.39, 0.29) is 42.6 Å². The summed E-state index contributed by atoms with van der Waals surface area (Å²) in [6, 6.07) is 5.68. The Labute approximate surface area is 151 Å². The zero-order chi connectivity index (χ0) is 19.3. The van der Waals surface area contributed by atoms with Crippen molar-refractivity contribution in [1.29, 1.82) is 0 Å². The fourth-order valence-corrected chi connectivity index (χ4v) is 2.98. The Hall–Kier alpha value is -1.59. The summed E-state index contributed by atoms with van der Waals surface area (Å²) in [7, 11) is 0. The maximum atomic E-state index is 12.5. The van der Waals surface area contributed by atoms with Gasteiger partial charge in [0.1, 0.15) is 5.75 Å². The van der Waals surface area contributed by atoms with E-state index in [2.05, 4.69) is 5.32 Å². The Morgan fingerprint density at radius 2 is 1.76 bits per heavy atom. The van der Waals surface area contributed by atoms with Gasteiger partial charge in [-0.05, 0) is 35.3 Å². The molecule has 0 aliphatic rings. The number of aromatic hydroxyl groups is 1. The van der Waals surface area contributed by atoms with Crippen LogP contribution in [0.4, 0.5) is 0 Å². The van der Waals surface area contributed by atoms with Gasteiger partial charge in [-0.15, -0.1) is 0 Å². The Balaban J connectivity index is 3.03. The Morgan fingerprint density at radius 1 is 1.16 bits per heavy atom. The standard InChI is InChI=1S/C20H33NO4/c1-6-14(11-17(24)21-20(7-2,12-22)13-23)15-9-8-10-16(18(15)25)19(3,4)5/h8-10,14,22-23,25H,6-7,11-13H2,1-5H3,(H,21,24). The first-order valence-electron chi connectivity index (χ1n) is 8.99. The van der Waals surface area contributed by atoms with Gasteiger partial charge >= 0.3 is 0 Å². The Morgan fingerprint density at radius 3 is 2.20 bits per heavy atom. The third-order valence-electron chi connectivity index (χ3n) is 4.93. The Kier molecular flexibility index (Phi) is 7.44. The molecule has 0 aliphatic heterocycles. The smallest absolute Gasteiger partial charge is 0.221 e. The van der Waals surface area contributed by atoms with Crippen LogP contribution in [0.2, 0.25) is 0 Å². The summed E-state index contributed by atoms with van der Waals surface area (Å²) in [5.74, 6) is -0.118. The number of nitrogens with one attached hydrogen (secondary N) is 1. The molecule has 0 bridgehead atoms. The molecule has 1 rings (SSSR count). The van der Waals surface area contributed by atoms with Crippen molar-refractivity contribution in [2.75, 3.05) is 13.2 Å². The summed E-state index contributed by atoms with van der Waals surface area (Å²) in [5.41, 5.74) is 0.439. The highest BCUT2D eigenvalue weighted by atomic mass is 16.3. The van der Waals surface area contributed by atoms with Gasteiger partial charge in [-0.2, -0.15) is 0 Å². The van der Waals surface area contributed by atoms with Crippen molar-refractivity contribution < 1.29 is 20.1 Å². The molecule has 1 unspecified atom stereocenters. The second-order valence-electron chi connectivity index (χ2n) is 7.80. The van der Waals surface area contributed by atoms with Gasteiger partial charge < -0.3 is 20.6 Å². The monoisotopic (exact) mass is 351 g/mol. The molecule has 5 heteroatoms. The van der Waals surface area contributed by atoms with Crippen molar-refractivity contribution in [2.45, 2.75) is 70.8 Å². The van der Waals surface area contributed by atoms with Gasteiger partial charge in [-0.1, -0.05) is 52.8 Å². The fraction of sp³-hybridized carbons (Fsp3) is 0.650. The normalized spacial score (nSPS) is 13.6. The number of para-hydroxylation sites is 1. The van der Waals surface area contributed by atoms with Crippen LogP contribution in [0.5, 0.6) is 5.75 Å². The summed E-state index contributed by atoms with van der Waals surface area (Å²) in [6.45, 7) is 9.28. The van der Waals surface area contributed by atoms with E-state index in [0.717, 1.165) is 11.1 Å². The van der Waals surface area contributed by atoms with Gasteiger partial charge in [0.05, 0.1) is 18.8 Å². The maximum Gasteiger partial charge on any atom is 0.221 e. The predicted molar refractivity (Wildman–Crippen MR) is 99.8 cm³/mol. The number of phenols is 1. The van der Waals surface area contributed by atoms with Crippen LogP contribution >= 0.6 is 0 Å². The second kappa shape index (κ2) is 8.68. The number of hydrogen-bond acceptors (Lipinski definition) is 4. The van der Waals surface area contributed by atoms with Crippen molar-refractivity contribution in [1.82, 2.24) is 5.32 Å². The minimum Gasteiger partial charge on any atom is -0.507 e. The van der Waals surface area contributed by atoms with Crippen molar-refractivity contribution >= 4 is 5.91 Å². The second-order valence-corrected chi connectivity index (χ2v) is 7.80. The molecule has 25 heavy (non-hydrogen) atoms.